The van der Waals surface area contributed by atoms with E-state index < -0.39 is 11.4 Å². The van der Waals surface area contributed by atoms with Crippen molar-refractivity contribution in [3.63, 3.8) is 0 Å². The topological polar surface area (TPSA) is 40.5 Å². The predicted octanol–water partition coefficient (Wildman–Crippen LogP) is 2.75. The van der Waals surface area contributed by atoms with Crippen molar-refractivity contribution in [3.8, 4) is 0 Å². The lowest BCUT2D eigenvalue weighted by Gasteiger charge is -2.38. The van der Waals surface area contributed by atoms with Crippen LogP contribution in [0.5, 0.6) is 0 Å². The molecule has 0 bridgehead atoms. The summed E-state index contributed by atoms with van der Waals surface area (Å²) in [6, 6.07) is 0.546. The fourth-order valence-corrected chi connectivity index (χ4v) is 2.65. The molecule has 2 atom stereocenters. The molecule has 0 aromatic carbocycles. The van der Waals surface area contributed by atoms with Crippen molar-refractivity contribution in [1.82, 2.24) is 4.90 Å². The van der Waals surface area contributed by atoms with Gasteiger partial charge in [-0.05, 0) is 39.7 Å². The summed E-state index contributed by atoms with van der Waals surface area (Å²) in [4.78, 5) is 13.7. The largest absolute Gasteiger partial charge is 0.481 e. The van der Waals surface area contributed by atoms with Gasteiger partial charge in [0.05, 0.1) is 5.41 Å². The smallest absolute Gasteiger partial charge is 0.310 e. The summed E-state index contributed by atoms with van der Waals surface area (Å²) in [5.74, 6) is -0.646. The van der Waals surface area contributed by atoms with E-state index in [9.17, 15) is 9.90 Å². The molecule has 3 nitrogen and oxygen atoms in total. The second-order valence-electron chi connectivity index (χ2n) is 5.43. The third-order valence-corrected chi connectivity index (χ3v) is 3.81. The molecule has 0 aromatic rings. The first-order chi connectivity index (χ1) is 7.49. The number of piperidine rings is 1. The van der Waals surface area contributed by atoms with Gasteiger partial charge in [0.25, 0.3) is 0 Å². The second kappa shape index (κ2) is 5.67. The average Bonchev–Trinajstić information content (AvgIpc) is 2.21. The molecule has 1 heterocycles. The van der Waals surface area contributed by atoms with E-state index in [0.717, 1.165) is 19.4 Å². The van der Waals surface area contributed by atoms with E-state index >= 15 is 0 Å². The molecule has 0 aromatic heterocycles. The van der Waals surface area contributed by atoms with Gasteiger partial charge in [0, 0.05) is 12.6 Å². The molecule has 1 fully saturated rings. The maximum atomic E-state index is 11.4. The summed E-state index contributed by atoms with van der Waals surface area (Å²) in [5.41, 5.74) is -0.569. The third-order valence-electron chi connectivity index (χ3n) is 3.81. The van der Waals surface area contributed by atoms with Gasteiger partial charge in [-0.1, -0.05) is 19.8 Å². The maximum Gasteiger partial charge on any atom is 0.310 e. The van der Waals surface area contributed by atoms with Gasteiger partial charge in [0.1, 0.15) is 0 Å². The number of carbonyl (C=O) groups is 1. The molecule has 1 rings (SSSR count). The summed E-state index contributed by atoms with van der Waals surface area (Å²) in [6.07, 6.45) is 5.42. The SMILES string of the molecule is CCCC(C)(CN1CCCCC1C)C(=O)O. The Morgan fingerprint density at radius 3 is 2.69 bits per heavy atom. The molecule has 1 saturated heterocycles. The Kier molecular flexibility index (Phi) is 4.78. The van der Waals surface area contributed by atoms with Crippen molar-refractivity contribution in [2.45, 2.75) is 58.9 Å². The molecule has 3 heteroatoms. The minimum atomic E-state index is -0.646. The van der Waals surface area contributed by atoms with Crippen molar-refractivity contribution in [2.24, 2.45) is 5.41 Å². The highest BCUT2D eigenvalue weighted by Gasteiger charge is 2.35. The number of nitrogens with zero attached hydrogens (tertiary/aromatic N) is 1. The molecular weight excluding hydrogens is 202 g/mol. The first-order valence-corrected chi connectivity index (χ1v) is 6.47. The van der Waals surface area contributed by atoms with Crippen LogP contribution in [-0.2, 0) is 4.79 Å². The second-order valence-corrected chi connectivity index (χ2v) is 5.43. The van der Waals surface area contributed by atoms with Crippen LogP contribution in [0.3, 0.4) is 0 Å². The van der Waals surface area contributed by atoms with E-state index in [0.29, 0.717) is 12.6 Å². The molecule has 0 spiro atoms. The van der Waals surface area contributed by atoms with Crippen LogP contribution in [0.4, 0.5) is 0 Å². The Bertz CT molecular complexity index is 242. The van der Waals surface area contributed by atoms with E-state index in [1.165, 1.54) is 19.3 Å². The van der Waals surface area contributed by atoms with Crippen LogP contribution in [0, 0.1) is 5.41 Å². The van der Waals surface area contributed by atoms with E-state index in [1.54, 1.807) is 0 Å². The molecule has 0 radical (unpaired) electrons. The summed E-state index contributed by atoms with van der Waals surface area (Å²) in [7, 11) is 0. The molecular formula is C13H25NO2. The molecule has 2 unspecified atom stereocenters. The van der Waals surface area contributed by atoms with E-state index in [4.69, 9.17) is 0 Å². The Morgan fingerprint density at radius 1 is 1.50 bits per heavy atom. The van der Waals surface area contributed by atoms with E-state index in [1.807, 2.05) is 6.92 Å². The van der Waals surface area contributed by atoms with Gasteiger partial charge in [-0.2, -0.15) is 0 Å². The Balaban J connectivity index is 2.63. The molecule has 0 amide bonds. The number of rotatable bonds is 5. The molecule has 1 aliphatic rings. The average molecular weight is 227 g/mol. The van der Waals surface area contributed by atoms with Crippen molar-refractivity contribution in [1.29, 1.82) is 0 Å². The molecule has 1 N–H and O–H groups in total. The van der Waals surface area contributed by atoms with Gasteiger partial charge >= 0.3 is 5.97 Å². The van der Waals surface area contributed by atoms with Gasteiger partial charge in [0.15, 0.2) is 0 Å². The monoisotopic (exact) mass is 227 g/mol. The van der Waals surface area contributed by atoms with Crippen LogP contribution in [0.25, 0.3) is 0 Å². The van der Waals surface area contributed by atoms with Crippen LogP contribution in [0.2, 0.25) is 0 Å². The van der Waals surface area contributed by atoms with Crippen molar-refractivity contribution < 1.29 is 9.90 Å². The molecule has 94 valence electrons. The summed E-state index contributed by atoms with van der Waals surface area (Å²) in [6.45, 7) is 7.93. The molecule has 1 aliphatic heterocycles. The van der Waals surface area contributed by atoms with Crippen molar-refractivity contribution >= 4 is 5.97 Å². The minimum absolute atomic E-state index is 0.546. The zero-order valence-corrected chi connectivity index (χ0v) is 10.8. The van der Waals surface area contributed by atoms with Crippen molar-refractivity contribution in [2.75, 3.05) is 13.1 Å². The van der Waals surface area contributed by atoms with Crippen LogP contribution in [-0.4, -0.2) is 35.1 Å². The highest BCUT2D eigenvalue weighted by Crippen LogP contribution is 2.28. The molecule has 0 saturated carbocycles. The Hall–Kier alpha value is -0.570. The Morgan fingerprint density at radius 2 is 2.19 bits per heavy atom. The molecule has 16 heavy (non-hydrogen) atoms. The van der Waals surface area contributed by atoms with Gasteiger partial charge in [-0.25, -0.2) is 0 Å². The lowest BCUT2D eigenvalue weighted by atomic mass is 9.84. The van der Waals surface area contributed by atoms with Gasteiger partial charge in [-0.15, -0.1) is 0 Å². The number of hydrogen-bond donors (Lipinski definition) is 1. The van der Waals surface area contributed by atoms with Gasteiger partial charge in [-0.3, -0.25) is 9.69 Å². The Labute approximate surface area is 98.8 Å². The van der Waals surface area contributed by atoms with Crippen LogP contribution < -0.4 is 0 Å². The summed E-state index contributed by atoms with van der Waals surface area (Å²) >= 11 is 0. The van der Waals surface area contributed by atoms with Gasteiger partial charge < -0.3 is 5.11 Å². The van der Waals surface area contributed by atoms with Crippen LogP contribution in [0.15, 0.2) is 0 Å². The number of likely N-dealkylation sites (tertiary alicyclic amines) is 1. The van der Waals surface area contributed by atoms with E-state index in [2.05, 4.69) is 18.7 Å². The van der Waals surface area contributed by atoms with Crippen LogP contribution >= 0.6 is 0 Å². The number of aliphatic carboxylic acids is 1. The van der Waals surface area contributed by atoms with Gasteiger partial charge in [0.2, 0.25) is 0 Å². The third kappa shape index (κ3) is 3.21. The standard InChI is InChI=1S/C13H25NO2/c1-4-8-13(3,12(15)16)10-14-9-6-5-7-11(14)2/h11H,4-10H2,1-3H3,(H,15,16). The zero-order chi connectivity index (χ0) is 12.2. The quantitative estimate of drug-likeness (QED) is 0.785. The van der Waals surface area contributed by atoms with Crippen molar-refractivity contribution in [3.05, 3.63) is 0 Å². The fourth-order valence-electron chi connectivity index (χ4n) is 2.65. The predicted molar refractivity (Wildman–Crippen MR) is 65.5 cm³/mol. The number of carboxylic acid groups (broad SMARTS) is 1. The lowest BCUT2D eigenvalue weighted by molar-refractivity contribution is -0.150. The maximum absolute atomic E-state index is 11.4. The fraction of sp³-hybridized carbons (Fsp3) is 0.923. The first-order valence-electron chi connectivity index (χ1n) is 6.47. The highest BCUT2D eigenvalue weighted by molar-refractivity contribution is 5.74. The number of hydrogen-bond acceptors (Lipinski definition) is 2. The first kappa shape index (κ1) is 13.5. The summed E-state index contributed by atoms with van der Waals surface area (Å²) in [5, 5.41) is 9.35. The minimum Gasteiger partial charge on any atom is -0.481 e. The normalized spacial score (nSPS) is 26.3. The zero-order valence-electron chi connectivity index (χ0n) is 10.8. The van der Waals surface area contributed by atoms with Crippen LogP contribution in [0.1, 0.15) is 52.9 Å². The summed E-state index contributed by atoms with van der Waals surface area (Å²) < 4.78 is 0. The lowest BCUT2D eigenvalue weighted by Crippen LogP contribution is -2.46. The van der Waals surface area contributed by atoms with E-state index in [-0.39, 0.29) is 0 Å². The molecule has 0 aliphatic carbocycles. The number of carboxylic acids is 1. The highest BCUT2D eigenvalue weighted by atomic mass is 16.4.